The van der Waals surface area contributed by atoms with Crippen molar-refractivity contribution in [3.05, 3.63) is 57.5 Å². The van der Waals surface area contributed by atoms with Crippen LogP contribution in [-0.4, -0.2) is 85.6 Å². The lowest BCUT2D eigenvalue weighted by Gasteiger charge is -2.36. The smallest absolute Gasteiger partial charge is 0.332 e. The molecule has 0 N–H and O–H groups in total. The molecule has 11 heteroatoms. The fourth-order valence-electron chi connectivity index (χ4n) is 4.60. The van der Waals surface area contributed by atoms with Gasteiger partial charge in [0.1, 0.15) is 6.10 Å². The van der Waals surface area contributed by atoms with E-state index in [4.69, 9.17) is 4.74 Å². The molecule has 36 heavy (non-hydrogen) atoms. The highest BCUT2D eigenvalue weighted by Gasteiger charge is 2.24. The number of aromatic nitrogens is 4. The number of imidazole rings is 1. The second-order valence-electron chi connectivity index (χ2n) is 9.16. The lowest BCUT2D eigenvalue weighted by molar-refractivity contribution is -0.148. The Labute approximate surface area is 214 Å². The molecule has 1 fully saturated rings. The SMILES string of the molecule is CC(=O)OC(CN1CCN(CCCSc2ccccc2)CC1)Cn1cnc2c1c(=O)n(C)c(=O)n2C. The van der Waals surface area contributed by atoms with Gasteiger partial charge in [-0.2, -0.15) is 0 Å². The number of carbonyl (C=O) groups excluding carboxylic acids is 1. The molecular weight excluding hydrogens is 480 g/mol. The Morgan fingerprint density at radius 2 is 1.72 bits per heavy atom. The Balaban J connectivity index is 1.32. The molecule has 194 valence electrons. The normalized spacial score (nSPS) is 15.9. The van der Waals surface area contributed by atoms with Crippen LogP contribution in [0.4, 0.5) is 0 Å². The molecule has 0 aliphatic carbocycles. The number of fused-ring (bicyclic) bond motifs is 1. The van der Waals surface area contributed by atoms with E-state index >= 15 is 0 Å². The first-order chi connectivity index (χ1) is 17.3. The van der Waals surface area contributed by atoms with Gasteiger partial charge in [-0.25, -0.2) is 9.78 Å². The quantitative estimate of drug-likeness (QED) is 0.226. The number of piperazine rings is 1. The lowest BCUT2D eigenvalue weighted by atomic mass is 10.2. The van der Waals surface area contributed by atoms with Crippen LogP contribution in [0.3, 0.4) is 0 Å². The highest BCUT2D eigenvalue weighted by molar-refractivity contribution is 7.99. The van der Waals surface area contributed by atoms with E-state index in [1.54, 1.807) is 11.6 Å². The molecule has 0 saturated carbocycles. The van der Waals surface area contributed by atoms with Crippen LogP contribution in [0, 0.1) is 0 Å². The minimum Gasteiger partial charge on any atom is -0.459 e. The largest absolute Gasteiger partial charge is 0.459 e. The average molecular weight is 515 g/mol. The first kappa shape index (κ1) is 26.2. The highest BCUT2D eigenvalue weighted by Crippen LogP contribution is 2.18. The zero-order chi connectivity index (χ0) is 25.7. The molecule has 1 aromatic carbocycles. The van der Waals surface area contributed by atoms with E-state index in [1.807, 2.05) is 17.8 Å². The first-order valence-corrected chi connectivity index (χ1v) is 13.2. The molecule has 1 unspecified atom stereocenters. The fraction of sp³-hybridized carbons (Fsp3) is 0.520. The van der Waals surface area contributed by atoms with Gasteiger partial charge in [0.2, 0.25) is 0 Å². The van der Waals surface area contributed by atoms with Gasteiger partial charge in [0.05, 0.1) is 12.9 Å². The first-order valence-electron chi connectivity index (χ1n) is 12.2. The predicted molar refractivity (Wildman–Crippen MR) is 140 cm³/mol. The van der Waals surface area contributed by atoms with Gasteiger partial charge in [-0.3, -0.25) is 23.6 Å². The molecule has 1 atom stereocenters. The third-order valence-corrected chi connectivity index (χ3v) is 7.61. The van der Waals surface area contributed by atoms with Crippen molar-refractivity contribution >= 4 is 28.9 Å². The summed E-state index contributed by atoms with van der Waals surface area (Å²) < 4.78 is 9.73. The Bertz CT molecular complexity index is 1290. The number of nitrogens with zero attached hydrogens (tertiary/aromatic N) is 6. The Hall–Kier alpha value is -2.89. The average Bonchev–Trinajstić information content (AvgIpc) is 3.29. The topological polar surface area (TPSA) is 94.6 Å². The van der Waals surface area contributed by atoms with Crippen LogP contribution in [0.25, 0.3) is 11.2 Å². The standard InChI is InChI=1S/C25H34N6O4S/c1-19(32)35-20(17-31-18-26-23-22(31)24(33)28(3)25(34)27(23)2)16-30-13-11-29(12-14-30)10-7-15-36-21-8-5-4-6-9-21/h4-6,8-9,18,20H,7,10-17H2,1-3H3. The van der Waals surface area contributed by atoms with Crippen molar-refractivity contribution in [3.63, 3.8) is 0 Å². The number of esters is 1. The number of rotatable bonds is 10. The molecule has 3 heterocycles. The van der Waals surface area contributed by atoms with E-state index < -0.39 is 17.4 Å². The van der Waals surface area contributed by atoms with Crippen LogP contribution in [0.2, 0.25) is 0 Å². The molecule has 2 aromatic heterocycles. The molecule has 0 bridgehead atoms. The lowest BCUT2D eigenvalue weighted by Crippen LogP contribution is -2.49. The van der Waals surface area contributed by atoms with Gasteiger partial charge in [-0.1, -0.05) is 18.2 Å². The molecule has 4 rings (SSSR count). The van der Waals surface area contributed by atoms with Gasteiger partial charge in [-0.05, 0) is 30.9 Å². The molecule has 1 aliphatic rings. The number of ether oxygens (including phenoxy) is 1. The molecule has 10 nitrogen and oxygen atoms in total. The number of aryl methyl sites for hydroxylation is 1. The van der Waals surface area contributed by atoms with Gasteiger partial charge in [0, 0.05) is 58.6 Å². The summed E-state index contributed by atoms with van der Waals surface area (Å²) in [4.78, 5) is 47.2. The Morgan fingerprint density at radius 3 is 2.42 bits per heavy atom. The van der Waals surface area contributed by atoms with Crippen molar-refractivity contribution in [2.75, 3.05) is 45.0 Å². The van der Waals surface area contributed by atoms with E-state index in [0.29, 0.717) is 24.3 Å². The maximum atomic E-state index is 12.8. The minimum atomic E-state index is -0.435. The summed E-state index contributed by atoms with van der Waals surface area (Å²) in [5.74, 6) is 0.738. The van der Waals surface area contributed by atoms with Gasteiger partial charge in [0.25, 0.3) is 5.56 Å². The second kappa shape index (κ2) is 11.9. The van der Waals surface area contributed by atoms with Crippen LogP contribution in [0.1, 0.15) is 13.3 Å². The van der Waals surface area contributed by atoms with E-state index in [1.165, 1.54) is 29.8 Å². The zero-order valence-electron chi connectivity index (χ0n) is 21.1. The third kappa shape index (κ3) is 6.26. The zero-order valence-corrected chi connectivity index (χ0v) is 21.9. The summed E-state index contributed by atoms with van der Waals surface area (Å²) in [6, 6.07) is 10.5. The molecule has 0 amide bonds. The second-order valence-corrected chi connectivity index (χ2v) is 10.3. The van der Waals surface area contributed by atoms with Crippen molar-refractivity contribution in [2.45, 2.75) is 30.9 Å². The molecule has 0 radical (unpaired) electrons. The Morgan fingerprint density at radius 1 is 1.03 bits per heavy atom. The van der Waals surface area contributed by atoms with E-state index in [-0.39, 0.29) is 5.97 Å². The van der Waals surface area contributed by atoms with Crippen LogP contribution in [-0.2, 0) is 30.2 Å². The summed E-state index contributed by atoms with van der Waals surface area (Å²) in [6.45, 7) is 7.06. The fourth-order valence-corrected chi connectivity index (χ4v) is 5.46. The maximum absolute atomic E-state index is 12.8. The van der Waals surface area contributed by atoms with E-state index in [9.17, 15) is 14.4 Å². The van der Waals surface area contributed by atoms with Gasteiger partial charge in [0.15, 0.2) is 11.2 Å². The maximum Gasteiger partial charge on any atom is 0.332 e. The summed E-state index contributed by atoms with van der Waals surface area (Å²) >= 11 is 1.89. The van der Waals surface area contributed by atoms with Crippen molar-refractivity contribution in [1.82, 2.24) is 28.5 Å². The van der Waals surface area contributed by atoms with Crippen LogP contribution in [0.5, 0.6) is 0 Å². The van der Waals surface area contributed by atoms with Crippen LogP contribution in [0.15, 0.2) is 51.1 Å². The summed E-state index contributed by atoms with van der Waals surface area (Å²) in [5.41, 5.74) is -0.185. The van der Waals surface area contributed by atoms with Crippen molar-refractivity contribution in [1.29, 1.82) is 0 Å². The summed E-state index contributed by atoms with van der Waals surface area (Å²) in [7, 11) is 3.04. The number of thioether (sulfide) groups is 1. The van der Waals surface area contributed by atoms with E-state index in [0.717, 1.165) is 49.5 Å². The molecule has 1 aliphatic heterocycles. The summed E-state index contributed by atoms with van der Waals surface area (Å²) in [5, 5.41) is 0. The van der Waals surface area contributed by atoms with E-state index in [2.05, 4.69) is 39.0 Å². The van der Waals surface area contributed by atoms with Crippen molar-refractivity contribution in [3.8, 4) is 0 Å². The monoisotopic (exact) mass is 514 g/mol. The Kier molecular flexibility index (Phi) is 8.65. The minimum absolute atomic E-state index is 0.292. The van der Waals surface area contributed by atoms with Gasteiger partial charge >= 0.3 is 11.7 Å². The van der Waals surface area contributed by atoms with Gasteiger partial charge < -0.3 is 14.2 Å². The number of carbonyl (C=O) groups is 1. The third-order valence-electron chi connectivity index (χ3n) is 6.51. The van der Waals surface area contributed by atoms with Crippen molar-refractivity contribution in [2.24, 2.45) is 14.1 Å². The molecule has 0 spiro atoms. The number of benzene rings is 1. The summed E-state index contributed by atoms with van der Waals surface area (Å²) in [6.07, 6.45) is 2.24. The van der Waals surface area contributed by atoms with Crippen molar-refractivity contribution < 1.29 is 9.53 Å². The highest BCUT2D eigenvalue weighted by atomic mass is 32.2. The number of hydrogen-bond acceptors (Lipinski definition) is 8. The van der Waals surface area contributed by atoms with Gasteiger partial charge in [-0.15, -0.1) is 11.8 Å². The molecule has 3 aromatic rings. The van der Waals surface area contributed by atoms with Crippen LogP contribution >= 0.6 is 11.8 Å². The predicted octanol–water partition coefficient (Wildman–Crippen LogP) is 1.17. The van der Waals surface area contributed by atoms with Crippen LogP contribution < -0.4 is 11.2 Å². The number of hydrogen-bond donors (Lipinski definition) is 0. The molecule has 1 saturated heterocycles. The molecular formula is C25H34N6O4S.